The Hall–Kier alpha value is -3.11. The Morgan fingerprint density at radius 2 is 1.91 bits per heavy atom. The van der Waals surface area contributed by atoms with Gasteiger partial charge in [0.15, 0.2) is 17.3 Å². The van der Waals surface area contributed by atoms with Crippen LogP contribution in [0.4, 0.5) is 19.0 Å². The highest BCUT2D eigenvalue weighted by Gasteiger charge is 2.34. The van der Waals surface area contributed by atoms with E-state index in [9.17, 15) is 23.5 Å². The number of fused-ring (bicyclic) bond motifs is 1. The molecule has 3 N–H and O–H groups in total. The van der Waals surface area contributed by atoms with Gasteiger partial charge in [0, 0.05) is 30.9 Å². The zero-order valence-corrected chi connectivity index (χ0v) is 18.6. The zero-order valence-electron chi connectivity index (χ0n) is 17.8. The highest BCUT2D eigenvalue weighted by atomic mass is 35.5. The zero-order chi connectivity index (χ0) is 23.4. The van der Waals surface area contributed by atoms with Crippen LogP contribution in [0.3, 0.4) is 0 Å². The second-order valence-corrected chi connectivity index (χ2v) is 8.56. The summed E-state index contributed by atoms with van der Waals surface area (Å²) < 4.78 is 44.0. The van der Waals surface area contributed by atoms with E-state index < -0.39 is 40.0 Å². The van der Waals surface area contributed by atoms with Crippen molar-refractivity contribution in [2.45, 2.75) is 25.8 Å². The highest BCUT2D eigenvalue weighted by Crippen LogP contribution is 2.31. The number of carbonyl (C=O) groups is 1. The fourth-order valence-electron chi connectivity index (χ4n) is 4.01. The monoisotopic (exact) mass is 482 g/mol. The van der Waals surface area contributed by atoms with Crippen molar-refractivity contribution in [1.29, 1.82) is 0 Å². The first-order valence-electron chi connectivity index (χ1n) is 9.96. The molecule has 0 amide bonds. The SMILES string of the molecule is CC(C)(N)C1CCN(c2nc3c(cc2F)c(=O)c(C(=O)O)cn3-c2ccc(F)cc2F)C1.Cl. The van der Waals surface area contributed by atoms with Crippen molar-refractivity contribution in [3.63, 3.8) is 0 Å². The molecule has 3 heterocycles. The second kappa shape index (κ2) is 8.68. The Morgan fingerprint density at radius 1 is 1.21 bits per heavy atom. The van der Waals surface area contributed by atoms with Crippen molar-refractivity contribution in [3.8, 4) is 5.69 Å². The van der Waals surface area contributed by atoms with Crippen molar-refractivity contribution in [2.75, 3.05) is 18.0 Å². The van der Waals surface area contributed by atoms with Gasteiger partial charge in [-0.3, -0.25) is 9.36 Å². The molecule has 0 bridgehead atoms. The summed E-state index contributed by atoms with van der Waals surface area (Å²) in [6, 6.07) is 3.61. The molecule has 176 valence electrons. The van der Waals surface area contributed by atoms with Gasteiger partial charge >= 0.3 is 5.97 Å². The van der Waals surface area contributed by atoms with Crippen molar-refractivity contribution in [1.82, 2.24) is 9.55 Å². The van der Waals surface area contributed by atoms with Gasteiger partial charge in [-0.05, 0) is 44.4 Å². The van der Waals surface area contributed by atoms with Gasteiger partial charge in [0.2, 0.25) is 5.43 Å². The predicted octanol–water partition coefficient (Wildman–Crippen LogP) is 3.49. The Balaban J connectivity index is 0.00000306. The molecule has 1 saturated heterocycles. The summed E-state index contributed by atoms with van der Waals surface area (Å²) in [5, 5.41) is 9.08. The van der Waals surface area contributed by atoms with E-state index in [0.29, 0.717) is 25.6 Å². The molecule has 0 aliphatic carbocycles. The molecule has 1 unspecified atom stereocenters. The van der Waals surface area contributed by atoms with E-state index >= 15 is 4.39 Å². The van der Waals surface area contributed by atoms with E-state index in [1.807, 2.05) is 13.8 Å². The Bertz CT molecular complexity index is 1310. The molecule has 1 aliphatic heterocycles. The molecule has 7 nitrogen and oxygen atoms in total. The van der Waals surface area contributed by atoms with Crippen LogP contribution in [0.5, 0.6) is 0 Å². The average molecular weight is 483 g/mol. The van der Waals surface area contributed by atoms with Crippen molar-refractivity contribution < 1.29 is 23.1 Å². The summed E-state index contributed by atoms with van der Waals surface area (Å²) in [6.07, 6.45) is 1.62. The van der Waals surface area contributed by atoms with Crippen LogP contribution in [0.25, 0.3) is 16.7 Å². The molecular weight excluding hydrogens is 461 g/mol. The number of benzene rings is 1. The number of nitrogens with zero attached hydrogens (tertiary/aromatic N) is 3. The lowest BCUT2D eigenvalue weighted by Crippen LogP contribution is -2.42. The first-order valence-corrected chi connectivity index (χ1v) is 9.96. The Morgan fingerprint density at radius 3 is 2.48 bits per heavy atom. The van der Waals surface area contributed by atoms with Gasteiger partial charge in [0.05, 0.1) is 11.1 Å². The maximum absolute atomic E-state index is 15.0. The van der Waals surface area contributed by atoms with Crippen LogP contribution in [0, 0.1) is 23.4 Å². The standard InChI is InChI=1S/C22H21F3N4O3.ClH/c1-22(2,26)11-5-6-28(9-11)20-16(25)8-13-18(30)14(21(31)32)10-29(19(13)27-20)17-4-3-12(23)7-15(17)24;/h3-4,7-8,10-11H,5-6,9,26H2,1-2H3,(H,31,32);1H. The van der Waals surface area contributed by atoms with Crippen molar-refractivity contribution >= 4 is 35.2 Å². The fraction of sp³-hybridized carbons (Fsp3) is 0.318. The molecule has 1 aliphatic rings. The number of aromatic carboxylic acids is 1. The summed E-state index contributed by atoms with van der Waals surface area (Å²) in [6.45, 7) is 4.67. The lowest BCUT2D eigenvalue weighted by molar-refractivity contribution is 0.0695. The quantitative estimate of drug-likeness (QED) is 0.590. The van der Waals surface area contributed by atoms with E-state index in [1.165, 1.54) is 0 Å². The van der Waals surface area contributed by atoms with Gasteiger partial charge < -0.3 is 15.7 Å². The predicted molar refractivity (Wildman–Crippen MR) is 120 cm³/mol. The highest BCUT2D eigenvalue weighted by molar-refractivity contribution is 5.92. The third kappa shape index (κ3) is 4.40. The maximum Gasteiger partial charge on any atom is 0.341 e. The normalized spacial score (nSPS) is 16.2. The Kier molecular flexibility index (Phi) is 6.45. The van der Waals surface area contributed by atoms with E-state index in [4.69, 9.17) is 5.73 Å². The summed E-state index contributed by atoms with van der Waals surface area (Å²) in [5.41, 5.74) is 3.68. The Labute approximate surface area is 193 Å². The lowest BCUT2D eigenvalue weighted by Gasteiger charge is -2.27. The molecular formula is C22H22ClF3N4O3. The van der Waals surface area contributed by atoms with E-state index in [0.717, 1.165) is 29.0 Å². The van der Waals surface area contributed by atoms with Crippen LogP contribution in [0.2, 0.25) is 0 Å². The van der Waals surface area contributed by atoms with Crippen LogP contribution >= 0.6 is 12.4 Å². The number of aromatic nitrogens is 2. The van der Waals surface area contributed by atoms with Crippen molar-refractivity contribution in [3.05, 3.63) is 63.7 Å². The van der Waals surface area contributed by atoms with E-state index in [2.05, 4.69) is 4.98 Å². The first kappa shape index (κ1) is 24.5. The van der Waals surface area contributed by atoms with Gasteiger partial charge in [-0.2, -0.15) is 0 Å². The number of anilines is 1. The van der Waals surface area contributed by atoms with E-state index in [1.54, 1.807) is 4.90 Å². The third-order valence-electron chi connectivity index (χ3n) is 5.85. The smallest absolute Gasteiger partial charge is 0.341 e. The van der Waals surface area contributed by atoms with Gasteiger partial charge in [-0.1, -0.05) is 0 Å². The van der Waals surface area contributed by atoms with Gasteiger partial charge in [-0.25, -0.2) is 22.9 Å². The molecule has 33 heavy (non-hydrogen) atoms. The number of carboxylic acid groups (broad SMARTS) is 1. The van der Waals surface area contributed by atoms with Gasteiger partial charge in [0.1, 0.15) is 17.2 Å². The van der Waals surface area contributed by atoms with Crippen LogP contribution < -0.4 is 16.1 Å². The van der Waals surface area contributed by atoms with Gasteiger partial charge in [-0.15, -0.1) is 12.4 Å². The van der Waals surface area contributed by atoms with Gasteiger partial charge in [0.25, 0.3) is 0 Å². The number of nitrogens with two attached hydrogens (primary N) is 1. The molecule has 1 aromatic carbocycles. The van der Waals surface area contributed by atoms with Crippen LogP contribution in [-0.4, -0.2) is 39.3 Å². The van der Waals surface area contributed by atoms with Crippen LogP contribution in [0.15, 0.2) is 35.3 Å². The average Bonchev–Trinajstić information content (AvgIpc) is 3.19. The molecule has 4 rings (SSSR count). The summed E-state index contributed by atoms with van der Waals surface area (Å²) >= 11 is 0. The molecule has 0 saturated carbocycles. The number of carboxylic acids is 1. The summed E-state index contributed by atoms with van der Waals surface area (Å²) in [5.74, 6) is -4.18. The maximum atomic E-state index is 15.0. The number of rotatable bonds is 4. The largest absolute Gasteiger partial charge is 0.477 e. The molecule has 2 aromatic heterocycles. The van der Waals surface area contributed by atoms with Crippen LogP contribution in [-0.2, 0) is 0 Å². The lowest BCUT2D eigenvalue weighted by atomic mass is 9.88. The molecule has 0 radical (unpaired) electrons. The van der Waals surface area contributed by atoms with Crippen LogP contribution in [0.1, 0.15) is 30.6 Å². The molecule has 1 atom stereocenters. The molecule has 3 aromatic rings. The minimum absolute atomic E-state index is 0. The minimum Gasteiger partial charge on any atom is -0.477 e. The van der Waals surface area contributed by atoms with Crippen molar-refractivity contribution in [2.24, 2.45) is 11.7 Å². The number of hydrogen-bond acceptors (Lipinski definition) is 5. The minimum atomic E-state index is -1.56. The number of halogens is 4. The topological polar surface area (TPSA) is 101 Å². The summed E-state index contributed by atoms with van der Waals surface area (Å²) in [7, 11) is 0. The molecule has 1 fully saturated rings. The number of hydrogen-bond donors (Lipinski definition) is 2. The first-order chi connectivity index (χ1) is 15.0. The second-order valence-electron chi connectivity index (χ2n) is 8.56. The molecule has 11 heteroatoms. The third-order valence-corrected chi connectivity index (χ3v) is 5.85. The van der Waals surface area contributed by atoms with E-state index in [-0.39, 0.29) is 40.9 Å². The fourth-order valence-corrected chi connectivity index (χ4v) is 4.01. The number of pyridine rings is 2. The molecule has 0 spiro atoms. The summed E-state index contributed by atoms with van der Waals surface area (Å²) in [4.78, 5) is 30.2.